The summed E-state index contributed by atoms with van der Waals surface area (Å²) in [4.78, 5) is 12.2. The zero-order chi connectivity index (χ0) is 14.0. The fraction of sp³-hybridized carbons (Fsp3) is 0.917. The third-order valence-electron chi connectivity index (χ3n) is 3.73. The van der Waals surface area contributed by atoms with Crippen LogP contribution in [-0.2, 0) is 4.79 Å². The summed E-state index contributed by atoms with van der Waals surface area (Å²) in [7, 11) is 0. The number of hydrogen-bond acceptors (Lipinski definition) is 2. The molecule has 0 unspecified atom stereocenters. The maximum absolute atomic E-state index is 12.9. The van der Waals surface area contributed by atoms with Crippen LogP contribution in [0.5, 0.6) is 0 Å². The van der Waals surface area contributed by atoms with Gasteiger partial charge in [-0.05, 0) is 38.1 Å². The minimum atomic E-state index is -4.56. The van der Waals surface area contributed by atoms with E-state index in [0.29, 0.717) is 12.8 Å². The van der Waals surface area contributed by atoms with Crippen molar-refractivity contribution in [3.05, 3.63) is 0 Å². The lowest BCUT2D eigenvalue weighted by Gasteiger charge is -2.34. The molecule has 3 nitrogen and oxygen atoms in total. The number of amides is 1. The molecule has 1 N–H and O–H groups in total. The zero-order valence-electron chi connectivity index (χ0n) is 11.0. The molecule has 0 bridgehead atoms. The van der Waals surface area contributed by atoms with Gasteiger partial charge in [-0.1, -0.05) is 0 Å². The Morgan fingerprint density at radius 3 is 2.20 bits per heavy atom. The molecule has 2 fully saturated rings. The smallest absolute Gasteiger partial charge is 0.337 e. The normalized spacial score (nSPS) is 20.9. The quantitative estimate of drug-likeness (QED) is 0.789. The van der Waals surface area contributed by atoms with Gasteiger partial charge in [0.1, 0.15) is 0 Å². The molecule has 1 saturated carbocycles. The van der Waals surface area contributed by atoms with Crippen molar-refractivity contribution in [1.82, 2.24) is 10.2 Å². The first-order valence-electron chi connectivity index (χ1n) is 6.60. The van der Waals surface area contributed by atoms with Gasteiger partial charge in [0.25, 0.3) is 5.91 Å². The van der Waals surface area contributed by atoms with E-state index in [1.807, 2.05) is 0 Å². The Morgan fingerprint density at radius 1 is 1.20 bits per heavy atom. The maximum atomic E-state index is 12.9. The molecule has 2 rings (SSSR count). The number of halogens is 5. The second-order valence-electron chi connectivity index (χ2n) is 5.34. The number of nitrogens with one attached hydrogen (secondary N) is 1. The Morgan fingerprint density at radius 2 is 1.75 bits per heavy atom. The van der Waals surface area contributed by atoms with Gasteiger partial charge in [0.05, 0.1) is 0 Å². The fourth-order valence-corrected chi connectivity index (χ4v) is 2.25. The van der Waals surface area contributed by atoms with Crippen LogP contribution in [0.3, 0.4) is 0 Å². The summed E-state index contributed by atoms with van der Waals surface area (Å²) < 4.78 is 50.1. The van der Waals surface area contributed by atoms with Crippen LogP contribution >= 0.6 is 12.4 Å². The van der Waals surface area contributed by atoms with Crippen molar-refractivity contribution < 1.29 is 22.4 Å². The average Bonchev–Trinajstić information content (AvgIpc) is 3.20. The van der Waals surface area contributed by atoms with Crippen molar-refractivity contribution in [1.29, 1.82) is 0 Å². The first kappa shape index (κ1) is 17.5. The van der Waals surface area contributed by atoms with E-state index in [1.54, 1.807) is 0 Å². The minimum Gasteiger partial charge on any atom is -0.337 e. The monoisotopic (exact) mass is 318 g/mol. The van der Waals surface area contributed by atoms with Crippen LogP contribution in [0.15, 0.2) is 0 Å². The van der Waals surface area contributed by atoms with Gasteiger partial charge < -0.3 is 10.2 Å². The summed E-state index contributed by atoms with van der Waals surface area (Å²) in [5, 5.41) is 3.33. The van der Waals surface area contributed by atoms with E-state index in [4.69, 9.17) is 0 Å². The minimum absolute atomic E-state index is 0. The lowest BCUT2D eigenvalue weighted by atomic mass is 10.0. The van der Waals surface area contributed by atoms with Crippen LogP contribution in [0.1, 0.15) is 25.7 Å². The summed E-state index contributed by atoms with van der Waals surface area (Å²) in [5.41, 5.74) is 0. The molecule has 20 heavy (non-hydrogen) atoms. The Balaban J connectivity index is 0.00000200. The first-order valence-corrected chi connectivity index (χ1v) is 6.60. The lowest BCUT2D eigenvalue weighted by Crippen LogP contribution is -2.52. The molecule has 0 aromatic carbocycles. The van der Waals surface area contributed by atoms with Gasteiger partial charge in [-0.3, -0.25) is 4.79 Å². The highest BCUT2D eigenvalue weighted by Gasteiger charge is 2.51. The Labute approximate surface area is 121 Å². The van der Waals surface area contributed by atoms with Gasteiger partial charge in [0, 0.05) is 19.1 Å². The van der Waals surface area contributed by atoms with Gasteiger partial charge in [-0.2, -0.15) is 8.78 Å². The van der Waals surface area contributed by atoms with Crippen molar-refractivity contribution in [3.8, 4) is 0 Å². The SMILES string of the molecule is Cl.O=C(N1CCC(NCC2CC2)CC1)C(F)(F)C(F)F. The van der Waals surface area contributed by atoms with Gasteiger partial charge in [-0.15, -0.1) is 12.4 Å². The van der Waals surface area contributed by atoms with E-state index >= 15 is 0 Å². The van der Waals surface area contributed by atoms with E-state index in [1.165, 1.54) is 12.8 Å². The third kappa shape index (κ3) is 4.22. The van der Waals surface area contributed by atoms with E-state index in [-0.39, 0.29) is 31.5 Å². The molecular weight excluding hydrogens is 300 g/mol. The standard InChI is InChI=1S/C12H18F4N2O.ClH/c13-10(14)12(15,16)11(19)18-5-3-9(4-6-18)17-7-8-1-2-8;/h8-10,17H,1-7H2;1H. The molecule has 1 aliphatic heterocycles. The maximum Gasteiger partial charge on any atom is 0.383 e. The van der Waals surface area contributed by atoms with E-state index < -0.39 is 18.3 Å². The van der Waals surface area contributed by atoms with E-state index in [9.17, 15) is 22.4 Å². The third-order valence-corrected chi connectivity index (χ3v) is 3.73. The van der Waals surface area contributed by atoms with Crippen molar-refractivity contribution >= 4 is 18.3 Å². The first-order chi connectivity index (χ1) is 8.91. The molecule has 1 saturated heterocycles. The van der Waals surface area contributed by atoms with Crippen LogP contribution in [0, 0.1) is 5.92 Å². The molecule has 0 radical (unpaired) electrons. The van der Waals surface area contributed by atoms with Crippen molar-refractivity contribution in [3.63, 3.8) is 0 Å². The number of carbonyl (C=O) groups excluding carboxylic acids is 1. The van der Waals surface area contributed by atoms with Gasteiger partial charge in [0.2, 0.25) is 0 Å². The fourth-order valence-electron chi connectivity index (χ4n) is 2.25. The average molecular weight is 319 g/mol. The largest absolute Gasteiger partial charge is 0.383 e. The van der Waals surface area contributed by atoms with Crippen molar-refractivity contribution in [2.75, 3.05) is 19.6 Å². The number of nitrogens with zero attached hydrogens (tertiary/aromatic N) is 1. The second kappa shape index (κ2) is 6.93. The number of piperidine rings is 1. The molecule has 1 heterocycles. The van der Waals surface area contributed by atoms with Crippen LogP contribution in [-0.4, -0.2) is 48.8 Å². The number of carbonyl (C=O) groups is 1. The molecule has 2 aliphatic rings. The van der Waals surface area contributed by atoms with Crippen molar-refractivity contribution in [2.24, 2.45) is 5.92 Å². The molecule has 0 spiro atoms. The number of rotatable bonds is 5. The molecule has 8 heteroatoms. The molecule has 1 amide bonds. The Bertz CT molecular complexity index is 331. The van der Waals surface area contributed by atoms with Gasteiger partial charge in [0.15, 0.2) is 0 Å². The van der Waals surface area contributed by atoms with Crippen LogP contribution in [0.2, 0.25) is 0 Å². The summed E-state index contributed by atoms with van der Waals surface area (Å²) in [6.07, 6.45) is -0.406. The van der Waals surface area contributed by atoms with Crippen LogP contribution in [0.25, 0.3) is 0 Å². The molecule has 1 aliphatic carbocycles. The Kier molecular flexibility index (Phi) is 6.06. The van der Waals surface area contributed by atoms with Gasteiger partial charge >= 0.3 is 12.3 Å². The van der Waals surface area contributed by atoms with Crippen LogP contribution in [0.4, 0.5) is 17.6 Å². The molecule has 0 aromatic heterocycles. The molecule has 0 atom stereocenters. The Hall–Kier alpha value is -0.560. The van der Waals surface area contributed by atoms with Crippen molar-refractivity contribution in [2.45, 2.75) is 44.1 Å². The van der Waals surface area contributed by atoms with E-state index in [2.05, 4.69) is 5.32 Å². The molecule has 118 valence electrons. The zero-order valence-corrected chi connectivity index (χ0v) is 11.8. The summed E-state index contributed by atoms with van der Waals surface area (Å²) in [6, 6.07) is 0.199. The van der Waals surface area contributed by atoms with Gasteiger partial charge in [-0.25, -0.2) is 8.78 Å². The lowest BCUT2D eigenvalue weighted by molar-refractivity contribution is -0.181. The highest BCUT2D eigenvalue weighted by molar-refractivity contribution is 5.85. The number of likely N-dealkylation sites (tertiary alicyclic amines) is 1. The highest BCUT2D eigenvalue weighted by Crippen LogP contribution is 2.29. The predicted octanol–water partition coefficient (Wildman–Crippen LogP) is 2.30. The molecular formula is C12H19ClF4N2O. The summed E-state index contributed by atoms with van der Waals surface area (Å²) >= 11 is 0. The van der Waals surface area contributed by atoms with Crippen LogP contribution < -0.4 is 5.32 Å². The topological polar surface area (TPSA) is 32.3 Å². The number of alkyl halides is 4. The second-order valence-corrected chi connectivity index (χ2v) is 5.34. The van der Waals surface area contributed by atoms with E-state index in [0.717, 1.165) is 17.4 Å². The molecule has 0 aromatic rings. The predicted molar refractivity (Wildman–Crippen MR) is 68.5 cm³/mol. The summed E-state index contributed by atoms with van der Waals surface area (Å²) in [6.45, 7) is 1.15. The number of hydrogen-bond donors (Lipinski definition) is 1. The summed E-state index contributed by atoms with van der Waals surface area (Å²) in [5.74, 6) is -5.58. The highest BCUT2D eigenvalue weighted by atomic mass is 35.5.